The lowest BCUT2D eigenvalue weighted by atomic mass is 9.70. The summed E-state index contributed by atoms with van der Waals surface area (Å²) in [6.07, 6.45) is 8.14. The Bertz CT molecular complexity index is 353. The van der Waals surface area contributed by atoms with Gasteiger partial charge in [0.05, 0.1) is 0 Å². The van der Waals surface area contributed by atoms with Crippen LogP contribution in [0.25, 0.3) is 0 Å². The van der Waals surface area contributed by atoms with Gasteiger partial charge < -0.3 is 10.1 Å². The first-order valence-electron chi connectivity index (χ1n) is 8.36. The molecule has 0 aliphatic heterocycles. The molecule has 1 amide bonds. The fourth-order valence-electron chi connectivity index (χ4n) is 4.22. The van der Waals surface area contributed by atoms with Gasteiger partial charge in [-0.3, -0.25) is 0 Å². The van der Waals surface area contributed by atoms with Crippen LogP contribution < -0.4 is 5.32 Å². The Balaban J connectivity index is 1.76. The summed E-state index contributed by atoms with van der Waals surface area (Å²) in [6.45, 7) is 9.93. The molecule has 3 nitrogen and oxygen atoms in total. The highest BCUT2D eigenvalue weighted by molar-refractivity contribution is 5.67. The van der Waals surface area contributed by atoms with Crippen molar-refractivity contribution in [1.29, 1.82) is 0 Å². The van der Waals surface area contributed by atoms with E-state index < -0.39 is 0 Å². The summed E-state index contributed by atoms with van der Waals surface area (Å²) >= 11 is 0. The first-order chi connectivity index (χ1) is 9.41. The van der Waals surface area contributed by atoms with Crippen molar-refractivity contribution in [1.82, 2.24) is 5.32 Å². The molecule has 0 aromatic rings. The van der Waals surface area contributed by atoms with Crippen LogP contribution in [0.4, 0.5) is 4.79 Å². The third kappa shape index (κ3) is 2.68. The molecule has 0 aromatic carbocycles. The second kappa shape index (κ2) is 5.95. The first kappa shape index (κ1) is 15.7. The van der Waals surface area contributed by atoms with Gasteiger partial charge in [-0.15, -0.1) is 0 Å². The quantitative estimate of drug-likeness (QED) is 0.728. The van der Waals surface area contributed by atoms with E-state index in [9.17, 15) is 4.79 Å². The van der Waals surface area contributed by atoms with Crippen molar-refractivity contribution in [3.8, 4) is 0 Å². The lowest BCUT2D eigenvalue weighted by molar-refractivity contribution is -0.00415. The molecule has 2 fully saturated rings. The Morgan fingerprint density at radius 1 is 1.25 bits per heavy atom. The number of ether oxygens (including phenoxy) is 1. The summed E-state index contributed by atoms with van der Waals surface area (Å²) < 4.78 is 5.74. The minimum Gasteiger partial charge on any atom is -0.446 e. The van der Waals surface area contributed by atoms with Gasteiger partial charge in [0.2, 0.25) is 0 Å². The normalized spacial score (nSPS) is 34.2. The Kier molecular flexibility index (Phi) is 4.66. The van der Waals surface area contributed by atoms with Gasteiger partial charge in [0.1, 0.15) is 6.10 Å². The van der Waals surface area contributed by atoms with Crippen molar-refractivity contribution in [2.45, 2.75) is 78.7 Å². The summed E-state index contributed by atoms with van der Waals surface area (Å²) in [4.78, 5) is 11.9. The highest BCUT2D eigenvalue weighted by Crippen LogP contribution is 2.66. The van der Waals surface area contributed by atoms with Crippen LogP contribution in [0.5, 0.6) is 0 Å². The Morgan fingerprint density at radius 3 is 2.55 bits per heavy atom. The lowest BCUT2D eigenvalue weighted by Crippen LogP contribution is -2.40. The van der Waals surface area contributed by atoms with Crippen molar-refractivity contribution < 1.29 is 9.53 Å². The number of nitrogens with one attached hydrogen (secondary N) is 1. The predicted octanol–water partition coefficient (Wildman–Crippen LogP) is 4.51. The SMILES string of the molecule is CCCCCCNC(=O)OC1CC2CCC1(C)C2(C)C. The summed E-state index contributed by atoms with van der Waals surface area (Å²) in [5, 5.41) is 2.91. The van der Waals surface area contributed by atoms with E-state index in [0.29, 0.717) is 5.41 Å². The van der Waals surface area contributed by atoms with Gasteiger partial charge in [-0.2, -0.15) is 0 Å². The fourth-order valence-corrected chi connectivity index (χ4v) is 4.22. The Labute approximate surface area is 123 Å². The summed E-state index contributed by atoms with van der Waals surface area (Å²) in [5.74, 6) is 0.717. The number of carbonyl (C=O) groups is 1. The molecular weight excluding hydrogens is 250 g/mol. The lowest BCUT2D eigenvalue weighted by Gasteiger charge is -2.38. The van der Waals surface area contributed by atoms with E-state index in [1.54, 1.807) is 0 Å². The predicted molar refractivity (Wildman–Crippen MR) is 81.6 cm³/mol. The van der Waals surface area contributed by atoms with Crippen molar-refractivity contribution in [2.24, 2.45) is 16.7 Å². The summed E-state index contributed by atoms with van der Waals surface area (Å²) in [6, 6.07) is 0. The number of hydrogen-bond donors (Lipinski definition) is 1. The molecule has 0 aromatic heterocycles. The van der Waals surface area contributed by atoms with E-state index in [1.807, 2.05) is 0 Å². The largest absolute Gasteiger partial charge is 0.446 e. The van der Waals surface area contributed by atoms with Crippen LogP contribution in [0, 0.1) is 16.7 Å². The van der Waals surface area contributed by atoms with Gasteiger partial charge in [0.25, 0.3) is 0 Å². The van der Waals surface area contributed by atoms with Gasteiger partial charge in [0.15, 0.2) is 0 Å². The van der Waals surface area contributed by atoms with Crippen molar-refractivity contribution in [3.63, 3.8) is 0 Å². The molecule has 20 heavy (non-hydrogen) atoms. The number of fused-ring (bicyclic) bond motifs is 2. The van der Waals surface area contributed by atoms with Crippen LogP contribution in [0.15, 0.2) is 0 Å². The Morgan fingerprint density at radius 2 is 2.00 bits per heavy atom. The average molecular weight is 281 g/mol. The second-order valence-electron chi connectivity index (χ2n) is 7.49. The van der Waals surface area contributed by atoms with Crippen LogP contribution in [0.2, 0.25) is 0 Å². The molecule has 116 valence electrons. The van der Waals surface area contributed by atoms with Gasteiger partial charge in [0, 0.05) is 12.0 Å². The van der Waals surface area contributed by atoms with Gasteiger partial charge in [-0.1, -0.05) is 47.0 Å². The minimum atomic E-state index is -0.212. The number of alkyl carbamates (subject to hydrolysis) is 1. The maximum Gasteiger partial charge on any atom is 0.407 e. The van der Waals surface area contributed by atoms with Crippen LogP contribution >= 0.6 is 0 Å². The molecular formula is C17H31NO2. The Hall–Kier alpha value is -0.730. The topological polar surface area (TPSA) is 38.3 Å². The molecule has 1 N–H and O–H groups in total. The third-order valence-electron chi connectivity index (χ3n) is 6.26. The zero-order valence-electron chi connectivity index (χ0n) is 13.6. The fraction of sp³-hybridized carbons (Fsp3) is 0.941. The number of unbranched alkanes of at least 4 members (excludes halogenated alkanes) is 3. The number of amides is 1. The zero-order chi connectivity index (χ0) is 14.8. The molecule has 2 aliphatic carbocycles. The first-order valence-corrected chi connectivity index (χ1v) is 8.36. The molecule has 2 rings (SSSR count). The van der Waals surface area contributed by atoms with E-state index in [2.05, 4.69) is 33.0 Å². The highest BCUT2D eigenvalue weighted by atomic mass is 16.6. The second-order valence-corrected chi connectivity index (χ2v) is 7.49. The highest BCUT2D eigenvalue weighted by Gasteiger charge is 2.62. The molecule has 0 saturated heterocycles. The maximum atomic E-state index is 11.9. The van der Waals surface area contributed by atoms with Gasteiger partial charge in [-0.25, -0.2) is 4.79 Å². The third-order valence-corrected chi connectivity index (χ3v) is 6.26. The monoisotopic (exact) mass is 281 g/mol. The maximum absolute atomic E-state index is 11.9. The molecule has 2 bridgehead atoms. The number of rotatable bonds is 6. The molecule has 2 aliphatic rings. The van der Waals surface area contributed by atoms with E-state index in [4.69, 9.17) is 4.74 Å². The van der Waals surface area contributed by atoms with E-state index in [0.717, 1.165) is 25.3 Å². The smallest absolute Gasteiger partial charge is 0.407 e. The molecule has 3 heteroatoms. The number of carbonyl (C=O) groups excluding carboxylic acids is 1. The van der Waals surface area contributed by atoms with E-state index >= 15 is 0 Å². The average Bonchev–Trinajstić information content (AvgIpc) is 2.71. The molecule has 0 spiro atoms. The molecule has 3 atom stereocenters. The van der Waals surface area contributed by atoms with Crippen molar-refractivity contribution in [3.05, 3.63) is 0 Å². The van der Waals surface area contributed by atoms with Crippen LogP contribution in [-0.2, 0) is 4.74 Å². The molecule has 3 unspecified atom stereocenters. The zero-order valence-corrected chi connectivity index (χ0v) is 13.6. The van der Waals surface area contributed by atoms with Gasteiger partial charge in [-0.05, 0) is 37.0 Å². The van der Waals surface area contributed by atoms with E-state index in [-0.39, 0.29) is 17.6 Å². The minimum absolute atomic E-state index is 0.104. The van der Waals surface area contributed by atoms with E-state index in [1.165, 1.54) is 32.1 Å². The molecule has 0 radical (unpaired) electrons. The van der Waals surface area contributed by atoms with Crippen LogP contribution in [0.3, 0.4) is 0 Å². The molecule has 0 heterocycles. The standard InChI is InChI=1S/C17H31NO2/c1-5-6-7-8-11-18-15(19)20-14-12-13-9-10-17(14,4)16(13,2)3/h13-14H,5-12H2,1-4H3,(H,18,19). The van der Waals surface area contributed by atoms with Crippen molar-refractivity contribution in [2.75, 3.05) is 6.54 Å². The van der Waals surface area contributed by atoms with Crippen LogP contribution in [0.1, 0.15) is 72.6 Å². The molecule has 2 saturated carbocycles. The number of hydrogen-bond acceptors (Lipinski definition) is 2. The van der Waals surface area contributed by atoms with Gasteiger partial charge >= 0.3 is 6.09 Å². The summed E-state index contributed by atoms with van der Waals surface area (Å²) in [5.41, 5.74) is 0.469. The summed E-state index contributed by atoms with van der Waals surface area (Å²) in [7, 11) is 0. The van der Waals surface area contributed by atoms with Crippen molar-refractivity contribution >= 4 is 6.09 Å². The van der Waals surface area contributed by atoms with Crippen LogP contribution in [-0.4, -0.2) is 18.7 Å².